The maximum atomic E-state index is 13.2. The van der Waals surface area contributed by atoms with E-state index < -0.39 is 0 Å². The minimum atomic E-state index is -0.230. The molecule has 0 aliphatic carbocycles. The van der Waals surface area contributed by atoms with Gasteiger partial charge in [0.2, 0.25) is 0 Å². The molecule has 2 N–H and O–H groups in total. The molecule has 0 saturated carbocycles. The van der Waals surface area contributed by atoms with Crippen LogP contribution in [0.25, 0.3) is 11.3 Å². The third kappa shape index (κ3) is 2.53. The number of hydrogen-bond acceptors (Lipinski definition) is 2. The molecule has 2 rings (SSSR count). The average molecular weight is 233 g/mol. The number of aromatic nitrogens is 2. The van der Waals surface area contributed by atoms with Gasteiger partial charge >= 0.3 is 0 Å². The summed E-state index contributed by atoms with van der Waals surface area (Å²) in [5, 5.41) is 4.44. The molecule has 3 nitrogen and oxygen atoms in total. The van der Waals surface area contributed by atoms with Crippen molar-refractivity contribution in [1.29, 1.82) is 0 Å². The number of rotatable bonds is 4. The number of aryl methyl sites for hydroxylation is 1. The predicted octanol–water partition coefficient (Wildman–Crippen LogP) is 2.21. The molecule has 0 unspecified atom stereocenters. The van der Waals surface area contributed by atoms with Crippen molar-refractivity contribution in [1.82, 2.24) is 9.78 Å². The van der Waals surface area contributed by atoms with E-state index in [1.54, 1.807) is 6.07 Å². The van der Waals surface area contributed by atoms with Crippen LogP contribution in [-0.2, 0) is 13.0 Å². The van der Waals surface area contributed by atoms with Crippen molar-refractivity contribution < 1.29 is 4.39 Å². The Hall–Kier alpha value is -1.68. The van der Waals surface area contributed by atoms with E-state index in [2.05, 4.69) is 5.10 Å². The van der Waals surface area contributed by atoms with Crippen LogP contribution in [-0.4, -0.2) is 16.3 Å². The molecule has 0 spiro atoms. The quantitative estimate of drug-likeness (QED) is 0.879. The molecule has 1 aromatic carbocycles. The summed E-state index contributed by atoms with van der Waals surface area (Å²) in [7, 11) is 0. The fourth-order valence-corrected chi connectivity index (χ4v) is 1.86. The lowest BCUT2D eigenvalue weighted by Crippen LogP contribution is -2.04. The molecule has 0 atom stereocenters. The molecule has 0 saturated heterocycles. The maximum Gasteiger partial charge on any atom is 0.123 e. The monoisotopic (exact) mass is 233 g/mol. The third-order valence-electron chi connectivity index (χ3n) is 2.65. The van der Waals surface area contributed by atoms with Crippen molar-refractivity contribution in [3.05, 3.63) is 41.8 Å². The van der Waals surface area contributed by atoms with Gasteiger partial charge in [0, 0.05) is 18.5 Å². The lowest BCUT2D eigenvalue weighted by molar-refractivity contribution is 0.626. The Kier molecular flexibility index (Phi) is 3.54. The summed E-state index contributed by atoms with van der Waals surface area (Å²) in [6.45, 7) is 3.35. The molecule has 0 amide bonds. The van der Waals surface area contributed by atoms with Crippen LogP contribution in [0.3, 0.4) is 0 Å². The van der Waals surface area contributed by atoms with Gasteiger partial charge in [0.25, 0.3) is 0 Å². The van der Waals surface area contributed by atoms with Gasteiger partial charge in [0.05, 0.1) is 11.4 Å². The average Bonchev–Trinajstić information content (AvgIpc) is 2.73. The Labute approximate surface area is 100 Å². The van der Waals surface area contributed by atoms with Crippen LogP contribution in [0.1, 0.15) is 12.6 Å². The number of benzene rings is 1. The van der Waals surface area contributed by atoms with Crippen LogP contribution >= 0.6 is 0 Å². The number of nitrogens with two attached hydrogens (primary N) is 1. The van der Waals surface area contributed by atoms with E-state index >= 15 is 0 Å². The zero-order chi connectivity index (χ0) is 12.3. The highest BCUT2D eigenvalue weighted by Crippen LogP contribution is 2.21. The molecule has 0 aliphatic heterocycles. The predicted molar refractivity (Wildman–Crippen MR) is 66.1 cm³/mol. The molecule has 17 heavy (non-hydrogen) atoms. The van der Waals surface area contributed by atoms with Gasteiger partial charge in [-0.15, -0.1) is 0 Å². The van der Waals surface area contributed by atoms with Crippen LogP contribution in [0.15, 0.2) is 30.3 Å². The first-order valence-electron chi connectivity index (χ1n) is 5.77. The largest absolute Gasteiger partial charge is 0.330 e. The smallest absolute Gasteiger partial charge is 0.123 e. The molecule has 2 aromatic rings. The van der Waals surface area contributed by atoms with Gasteiger partial charge < -0.3 is 5.73 Å². The Morgan fingerprint density at radius 2 is 2.18 bits per heavy atom. The van der Waals surface area contributed by atoms with Crippen molar-refractivity contribution >= 4 is 0 Å². The highest BCUT2D eigenvalue weighted by molar-refractivity contribution is 5.60. The van der Waals surface area contributed by atoms with Gasteiger partial charge in [-0.1, -0.05) is 12.1 Å². The second-order valence-corrected chi connectivity index (χ2v) is 3.89. The van der Waals surface area contributed by atoms with Crippen molar-refractivity contribution in [2.24, 2.45) is 5.73 Å². The van der Waals surface area contributed by atoms with Gasteiger partial charge in [0.1, 0.15) is 5.82 Å². The van der Waals surface area contributed by atoms with Crippen LogP contribution < -0.4 is 5.73 Å². The molecule has 0 fully saturated rings. The van der Waals surface area contributed by atoms with Crippen LogP contribution in [0.4, 0.5) is 4.39 Å². The highest BCUT2D eigenvalue weighted by Gasteiger charge is 2.08. The van der Waals surface area contributed by atoms with Gasteiger partial charge in [-0.25, -0.2) is 4.39 Å². The Morgan fingerprint density at radius 3 is 2.82 bits per heavy atom. The number of hydrogen-bond donors (Lipinski definition) is 1. The first-order valence-corrected chi connectivity index (χ1v) is 5.77. The summed E-state index contributed by atoms with van der Waals surface area (Å²) in [5.74, 6) is -0.230. The van der Waals surface area contributed by atoms with Crippen LogP contribution in [0, 0.1) is 5.82 Å². The zero-order valence-electron chi connectivity index (χ0n) is 9.86. The molecule has 0 aliphatic rings. The molecule has 4 heteroatoms. The van der Waals surface area contributed by atoms with E-state index in [-0.39, 0.29) is 5.82 Å². The lowest BCUT2D eigenvalue weighted by atomic mass is 10.1. The fraction of sp³-hybridized carbons (Fsp3) is 0.308. The summed E-state index contributed by atoms with van der Waals surface area (Å²) < 4.78 is 15.1. The first kappa shape index (κ1) is 11.8. The molecule has 90 valence electrons. The zero-order valence-corrected chi connectivity index (χ0v) is 9.86. The summed E-state index contributed by atoms with van der Waals surface area (Å²) in [6.07, 6.45) is 0.745. The van der Waals surface area contributed by atoms with E-state index in [0.29, 0.717) is 6.54 Å². The van der Waals surface area contributed by atoms with Crippen molar-refractivity contribution in [2.75, 3.05) is 6.54 Å². The van der Waals surface area contributed by atoms with E-state index in [9.17, 15) is 4.39 Å². The molecular weight excluding hydrogens is 217 g/mol. The SMILES string of the molecule is CCn1nc(CCN)cc1-c1cccc(F)c1. The van der Waals surface area contributed by atoms with E-state index in [1.807, 2.05) is 23.7 Å². The minimum absolute atomic E-state index is 0.230. The van der Waals surface area contributed by atoms with Crippen molar-refractivity contribution in [3.8, 4) is 11.3 Å². The molecule has 1 heterocycles. The van der Waals surface area contributed by atoms with Gasteiger partial charge in [-0.2, -0.15) is 5.10 Å². The van der Waals surface area contributed by atoms with Crippen LogP contribution in [0.5, 0.6) is 0 Å². The number of halogens is 1. The third-order valence-corrected chi connectivity index (χ3v) is 2.65. The second kappa shape index (κ2) is 5.10. The summed E-state index contributed by atoms with van der Waals surface area (Å²) in [5.41, 5.74) is 8.26. The topological polar surface area (TPSA) is 43.8 Å². The Morgan fingerprint density at radius 1 is 1.35 bits per heavy atom. The highest BCUT2D eigenvalue weighted by atomic mass is 19.1. The van der Waals surface area contributed by atoms with Gasteiger partial charge in [-0.3, -0.25) is 4.68 Å². The normalized spacial score (nSPS) is 10.8. The standard InChI is InChI=1S/C13H16FN3/c1-2-17-13(9-12(16-17)6-7-15)10-4-3-5-11(14)8-10/h3-5,8-9H,2,6-7,15H2,1H3. The van der Waals surface area contributed by atoms with E-state index in [4.69, 9.17) is 5.73 Å². The summed E-state index contributed by atoms with van der Waals surface area (Å²) >= 11 is 0. The second-order valence-electron chi connectivity index (χ2n) is 3.89. The van der Waals surface area contributed by atoms with Crippen molar-refractivity contribution in [2.45, 2.75) is 19.9 Å². The minimum Gasteiger partial charge on any atom is -0.330 e. The fourth-order valence-electron chi connectivity index (χ4n) is 1.86. The summed E-state index contributed by atoms with van der Waals surface area (Å²) in [6, 6.07) is 8.54. The lowest BCUT2D eigenvalue weighted by Gasteiger charge is -2.04. The molecule has 0 radical (unpaired) electrons. The summed E-state index contributed by atoms with van der Waals surface area (Å²) in [4.78, 5) is 0. The van der Waals surface area contributed by atoms with Crippen molar-refractivity contribution in [3.63, 3.8) is 0 Å². The molecule has 1 aromatic heterocycles. The van der Waals surface area contributed by atoms with Crippen LogP contribution in [0.2, 0.25) is 0 Å². The Bertz CT molecular complexity index is 505. The van der Waals surface area contributed by atoms with E-state index in [0.717, 1.165) is 29.9 Å². The first-order chi connectivity index (χ1) is 8.24. The van der Waals surface area contributed by atoms with Gasteiger partial charge in [-0.05, 0) is 31.7 Å². The van der Waals surface area contributed by atoms with E-state index in [1.165, 1.54) is 12.1 Å². The number of nitrogens with zero attached hydrogens (tertiary/aromatic N) is 2. The van der Waals surface area contributed by atoms with Gasteiger partial charge in [0.15, 0.2) is 0 Å². The Balaban J connectivity index is 2.43. The molecule has 0 bridgehead atoms. The molecular formula is C13H16FN3. The maximum absolute atomic E-state index is 13.2.